The molecule has 2 rings (SSSR count). The molecular formula is C15H15NO2. The summed E-state index contributed by atoms with van der Waals surface area (Å²) >= 11 is 0. The highest BCUT2D eigenvalue weighted by Crippen LogP contribution is 2.22. The van der Waals surface area contributed by atoms with Gasteiger partial charge >= 0.3 is 0 Å². The van der Waals surface area contributed by atoms with Crippen molar-refractivity contribution in [2.24, 2.45) is 0 Å². The Morgan fingerprint density at radius 1 is 1.28 bits per heavy atom. The minimum atomic E-state index is -0.0368. The smallest absolute Gasteiger partial charge is 0.251 e. The van der Waals surface area contributed by atoms with E-state index in [1.165, 1.54) is 0 Å². The van der Waals surface area contributed by atoms with Crippen LogP contribution in [-0.2, 0) is 6.42 Å². The van der Waals surface area contributed by atoms with Crippen LogP contribution in [0.4, 0.5) is 0 Å². The summed E-state index contributed by atoms with van der Waals surface area (Å²) in [5.41, 5.74) is 4.09. The summed E-state index contributed by atoms with van der Waals surface area (Å²) < 4.78 is 0. The van der Waals surface area contributed by atoms with E-state index in [1.54, 1.807) is 6.07 Å². The third kappa shape index (κ3) is 2.25. The monoisotopic (exact) mass is 241 g/mol. The third-order valence-corrected chi connectivity index (χ3v) is 3.03. The molecule has 0 unspecified atom stereocenters. The summed E-state index contributed by atoms with van der Waals surface area (Å²) in [7, 11) is 0. The second kappa shape index (κ2) is 5.00. The summed E-state index contributed by atoms with van der Waals surface area (Å²) in [5.74, 6) is 0. The number of carbonyl (C=O) groups excluding carboxylic acids is 1. The summed E-state index contributed by atoms with van der Waals surface area (Å²) in [6, 6.07) is 9.27. The lowest BCUT2D eigenvalue weighted by molar-refractivity contribution is 0.112. The highest BCUT2D eigenvalue weighted by Gasteiger charge is 2.07. The number of hydrogen-bond acceptors (Lipinski definition) is 2. The van der Waals surface area contributed by atoms with Crippen molar-refractivity contribution in [2.45, 2.75) is 20.3 Å². The van der Waals surface area contributed by atoms with Gasteiger partial charge in [0.1, 0.15) is 6.29 Å². The Labute approximate surface area is 105 Å². The molecule has 0 spiro atoms. The quantitative estimate of drug-likeness (QED) is 0.840. The Kier molecular flexibility index (Phi) is 3.42. The zero-order chi connectivity index (χ0) is 13.1. The fourth-order valence-corrected chi connectivity index (χ4v) is 2.01. The van der Waals surface area contributed by atoms with Crippen LogP contribution in [0.2, 0.25) is 0 Å². The minimum absolute atomic E-state index is 0.0368. The molecule has 0 fully saturated rings. The average molecular weight is 241 g/mol. The van der Waals surface area contributed by atoms with Gasteiger partial charge in [0.05, 0.1) is 0 Å². The van der Waals surface area contributed by atoms with E-state index in [-0.39, 0.29) is 5.56 Å². The van der Waals surface area contributed by atoms with Gasteiger partial charge in [0, 0.05) is 22.4 Å². The normalized spacial score (nSPS) is 10.3. The summed E-state index contributed by atoms with van der Waals surface area (Å²) in [4.78, 5) is 25.3. The number of carbonyl (C=O) groups is 1. The first-order chi connectivity index (χ1) is 8.65. The molecule has 0 atom stereocenters. The summed E-state index contributed by atoms with van der Waals surface area (Å²) in [6.45, 7) is 3.81. The van der Waals surface area contributed by atoms with Crippen LogP contribution in [0.1, 0.15) is 28.5 Å². The molecule has 2 aromatic rings. The van der Waals surface area contributed by atoms with E-state index < -0.39 is 0 Å². The van der Waals surface area contributed by atoms with E-state index in [9.17, 15) is 9.59 Å². The van der Waals surface area contributed by atoms with Crippen LogP contribution < -0.4 is 5.56 Å². The molecule has 92 valence electrons. The van der Waals surface area contributed by atoms with Crippen molar-refractivity contribution >= 4 is 6.29 Å². The lowest BCUT2D eigenvalue weighted by Crippen LogP contribution is -2.13. The Morgan fingerprint density at radius 3 is 2.72 bits per heavy atom. The van der Waals surface area contributed by atoms with Crippen LogP contribution in [0.25, 0.3) is 11.1 Å². The van der Waals surface area contributed by atoms with Crippen LogP contribution in [0.15, 0.2) is 35.1 Å². The van der Waals surface area contributed by atoms with Gasteiger partial charge in [-0.25, -0.2) is 0 Å². The topological polar surface area (TPSA) is 49.9 Å². The van der Waals surface area contributed by atoms with Gasteiger partial charge in [-0.1, -0.05) is 25.1 Å². The molecule has 3 heteroatoms. The molecule has 0 aliphatic carbocycles. The van der Waals surface area contributed by atoms with Crippen LogP contribution in [0.3, 0.4) is 0 Å². The van der Waals surface area contributed by atoms with Gasteiger partial charge in [0.2, 0.25) is 0 Å². The van der Waals surface area contributed by atoms with Crippen molar-refractivity contribution in [3.63, 3.8) is 0 Å². The highest BCUT2D eigenvalue weighted by molar-refractivity contribution is 5.79. The van der Waals surface area contributed by atoms with Gasteiger partial charge in [0.25, 0.3) is 5.56 Å². The van der Waals surface area contributed by atoms with Crippen LogP contribution in [0.5, 0.6) is 0 Å². The lowest BCUT2D eigenvalue weighted by Gasteiger charge is -2.08. The molecule has 0 saturated heterocycles. The van der Waals surface area contributed by atoms with E-state index in [4.69, 9.17) is 0 Å². The first-order valence-electron chi connectivity index (χ1n) is 5.94. The van der Waals surface area contributed by atoms with Crippen molar-refractivity contribution in [2.75, 3.05) is 0 Å². The average Bonchev–Trinajstić information content (AvgIpc) is 2.39. The molecule has 0 radical (unpaired) electrons. The molecule has 0 amide bonds. The van der Waals surface area contributed by atoms with Gasteiger partial charge in [-0.3, -0.25) is 9.59 Å². The lowest BCUT2D eigenvalue weighted by atomic mass is 10.00. The van der Waals surface area contributed by atoms with Crippen molar-refractivity contribution < 1.29 is 4.79 Å². The molecule has 1 aromatic heterocycles. The van der Waals surface area contributed by atoms with E-state index in [2.05, 4.69) is 4.98 Å². The second-order valence-electron chi connectivity index (χ2n) is 4.26. The van der Waals surface area contributed by atoms with Crippen molar-refractivity contribution in [3.8, 4) is 11.1 Å². The van der Waals surface area contributed by atoms with Crippen molar-refractivity contribution in [3.05, 3.63) is 57.5 Å². The number of aromatic amines is 1. The highest BCUT2D eigenvalue weighted by atomic mass is 16.1. The first kappa shape index (κ1) is 12.3. The number of rotatable bonds is 3. The Balaban J connectivity index is 2.62. The predicted molar refractivity (Wildman–Crippen MR) is 72.0 cm³/mol. The van der Waals surface area contributed by atoms with Crippen LogP contribution in [0, 0.1) is 6.92 Å². The van der Waals surface area contributed by atoms with Crippen molar-refractivity contribution in [1.82, 2.24) is 4.98 Å². The maximum atomic E-state index is 11.7. The maximum absolute atomic E-state index is 11.7. The number of hydrogen-bond donors (Lipinski definition) is 1. The molecule has 1 N–H and O–H groups in total. The van der Waals surface area contributed by atoms with Gasteiger partial charge < -0.3 is 4.98 Å². The van der Waals surface area contributed by atoms with E-state index in [0.29, 0.717) is 12.0 Å². The molecule has 1 heterocycles. The van der Waals surface area contributed by atoms with Gasteiger partial charge in [-0.15, -0.1) is 0 Å². The number of H-pyrrole nitrogens is 1. The third-order valence-electron chi connectivity index (χ3n) is 3.03. The van der Waals surface area contributed by atoms with Gasteiger partial charge in [-0.2, -0.15) is 0 Å². The zero-order valence-electron chi connectivity index (χ0n) is 10.5. The minimum Gasteiger partial charge on any atom is -0.326 e. The van der Waals surface area contributed by atoms with Gasteiger partial charge in [0.15, 0.2) is 0 Å². The number of aryl methyl sites for hydroxylation is 2. The Bertz CT molecular complexity index is 641. The zero-order valence-corrected chi connectivity index (χ0v) is 10.5. The summed E-state index contributed by atoms with van der Waals surface area (Å²) in [5, 5.41) is 0. The van der Waals surface area contributed by atoms with Gasteiger partial charge in [-0.05, 0) is 31.0 Å². The maximum Gasteiger partial charge on any atom is 0.251 e. The molecular weight excluding hydrogens is 226 g/mol. The SMILES string of the molecule is CCc1cc(-c2cccc(C=O)c2)c(C)[nH]c1=O. The number of aldehydes is 1. The molecule has 0 aliphatic heterocycles. The number of benzene rings is 1. The van der Waals surface area contributed by atoms with Crippen LogP contribution >= 0.6 is 0 Å². The van der Waals surface area contributed by atoms with Crippen molar-refractivity contribution in [1.29, 1.82) is 0 Å². The Hall–Kier alpha value is -2.16. The summed E-state index contributed by atoms with van der Waals surface area (Å²) in [6.07, 6.45) is 1.52. The molecule has 0 saturated carbocycles. The number of aromatic nitrogens is 1. The molecule has 1 aromatic carbocycles. The standard InChI is InChI=1S/C15H15NO2/c1-3-12-8-14(10(2)16-15(12)18)13-6-4-5-11(7-13)9-17/h4-9H,3H2,1-2H3,(H,16,18). The number of pyridine rings is 1. The molecule has 0 aliphatic rings. The first-order valence-corrected chi connectivity index (χ1v) is 5.94. The Morgan fingerprint density at radius 2 is 2.06 bits per heavy atom. The fourth-order valence-electron chi connectivity index (χ4n) is 2.01. The van der Waals surface area contributed by atoms with E-state index in [0.717, 1.165) is 28.7 Å². The fraction of sp³-hybridized carbons (Fsp3) is 0.200. The largest absolute Gasteiger partial charge is 0.326 e. The number of nitrogens with one attached hydrogen (secondary N) is 1. The predicted octanol–water partition coefficient (Wildman–Crippen LogP) is 2.73. The molecule has 0 bridgehead atoms. The van der Waals surface area contributed by atoms with E-state index >= 15 is 0 Å². The molecule has 18 heavy (non-hydrogen) atoms. The second-order valence-corrected chi connectivity index (χ2v) is 4.26. The molecule has 3 nitrogen and oxygen atoms in total. The van der Waals surface area contributed by atoms with Crippen LogP contribution in [-0.4, -0.2) is 11.3 Å². The van der Waals surface area contributed by atoms with E-state index in [1.807, 2.05) is 38.1 Å².